The van der Waals surface area contributed by atoms with E-state index in [2.05, 4.69) is 15.1 Å². The van der Waals surface area contributed by atoms with Crippen molar-refractivity contribution in [3.63, 3.8) is 0 Å². The summed E-state index contributed by atoms with van der Waals surface area (Å²) in [5.41, 5.74) is 1.30. The van der Waals surface area contributed by atoms with E-state index in [-0.39, 0.29) is 16.8 Å². The van der Waals surface area contributed by atoms with Crippen molar-refractivity contribution >= 4 is 21.7 Å². The van der Waals surface area contributed by atoms with Crippen molar-refractivity contribution in [2.45, 2.75) is 30.2 Å². The molecule has 1 aromatic carbocycles. The Bertz CT molecular complexity index is 884. The van der Waals surface area contributed by atoms with Gasteiger partial charge in [-0.15, -0.1) is 0 Å². The van der Waals surface area contributed by atoms with E-state index >= 15 is 0 Å². The quantitative estimate of drug-likeness (QED) is 0.883. The van der Waals surface area contributed by atoms with E-state index in [1.54, 1.807) is 23.0 Å². The van der Waals surface area contributed by atoms with E-state index in [0.717, 1.165) is 18.4 Å². The molecule has 1 fully saturated rings. The molecular weight excluding hydrogens is 316 g/mol. The minimum absolute atomic E-state index is 0.0804. The van der Waals surface area contributed by atoms with Crippen LogP contribution in [0, 0.1) is 0 Å². The molecule has 2 heterocycles. The van der Waals surface area contributed by atoms with Crippen LogP contribution < -0.4 is 10.0 Å². The highest BCUT2D eigenvalue weighted by Gasteiger charge is 2.28. The first-order valence-corrected chi connectivity index (χ1v) is 9.00. The first-order valence-electron chi connectivity index (χ1n) is 7.52. The Morgan fingerprint density at radius 2 is 2.09 bits per heavy atom. The Hall–Kier alpha value is -2.35. The van der Waals surface area contributed by atoms with Gasteiger partial charge in [0.15, 0.2) is 0 Å². The number of anilines is 1. The van der Waals surface area contributed by atoms with Gasteiger partial charge in [0.1, 0.15) is 5.82 Å². The lowest BCUT2D eigenvalue weighted by Gasteiger charge is -2.17. The number of sulfonamides is 1. The number of hydrogen-bond donors (Lipinski definition) is 2. The molecule has 0 unspecified atom stereocenters. The van der Waals surface area contributed by atoms with Crippen molar-refractivity contribution in [2.24, 2.45) is 0 Å². The largest absolute Gasteiger partial charge is 0.352 e. The van der Waals surface area contributed by atoms with Crippen LogP contribution in [-0.2, 0) is 16.4 Å². The molecule has 1 aromatic heterocycles. The maximum Gasteiger partial charge on any atom is 0.263 e. The summed E-state index contributed by atoms with van der Waals surface area (Å²) in [7, 11) is -3.76. The first kappa shape index (κ1) is 14.3. The fourth-order valence-electron chi connectivity index (χ4n) is 2.76. The van der Waals surface area contributed by atoms with Crippen LogP contribution in [0.5, 0.6) is 0 Å². The second kappa shape index (κ2) is 5.09. The summed E-state index contributed by atoms with van der Waals surface area (Å²) < 4.78 is 29.5. The maximum atomic E-state index is 12.6. The van der Waals surface area contributed by atoms with E-state index in [1.807, 2.05) is 0 Å². The Morgan fingerprint density at radius 3 is 2.87 bits per heavy atom. The molecule has 4 rings (SSSR count). The zero-order valence-electron chi connectivity index (χ0n) is 12.3. The molecule has 1 aliphatic carbocycles. The van der Waals surface area contributed by atoms with Gasteiger partial charge in [0.2, 0.25) is 0 Å². The molecule has 0 bridgehead atoms. The highest BCUT2D eigenvalue weighted by molar-refractivity contribution is 7.92. The van der Waals surface area contributed by atoms with Crippen LogP contribution >= 0.6 is 0 Å². The van der Waals surface area contributed by atoms with Crippen molar-refractivity contribution in [1.29, 1.82) is 0 Å². The van der Waals surface area contributed by atoms with Crippen molar-refractivity contribution in [3.05, 3.63) is 41.6 Å². The van der Waals surface area contributed by atoms with E-state index < -0.39 is 10.0 Å². The van der Waals surface area contributed by atoms with Crippen LogP contribution in [0.15, 0.2) is 35.4 Å². The molecule has 2 aromatic rings. The molecule has 0 saturated heterocycles. The normalized spacial score (nSPS) is 17.5. The Morgan fingerprint density at radius 1 is 1.26 bits per heavy atom. The number of carbonyl (C=O) groups excluding carboxylic acids is 1. The summed E-state index contributed by atoms with van der Waals surface area (Å²) >= 11 is 0. The second-order valence-electron chi connectivity index (χ2n) is 5.82. The summed E-state index contributed by atoms with van der Waals surface area (Å²) in [5.74, 6) is 0.223. The van der Waals surface area contributed by atoms with E-state index in [1.165, 1.54) is 12.1 Å². The zero-order valence-corrected chi connectivity index (χ0v) is 13.1. The van der Waals surface area contributed by atoms with Gasteiger partial charge in [-0.25, -0.2) is 13.1 Å². The van der Waals surface area contributed by atoms with Crippen LogP contribution in [0.4, 0.5) is 5.82 Å². The van der Waals surface area contributed by atoms with Gasteiger partial charge in [-0.05, 0) is 37.0 Å². The molecule has 1 aliphatic heterocycles. The fraction of sp³-hybridized carbons (Fsp3) is 0.333. The third-order valence-electron chi connectivity index (χ3n) is 4.12. The van der Waals surface area contributed by atoms with Crippen LogP contribution in [0.3, 0.4) is 0 Å². The minimum atomic E-state index is -3.76. The molecule has 7 nitrogen and oxygen atoms in total. The molecule has 23 heavy (non-hydrogen) atoms. The molecular formula is C15H16N4O3S. The Labute approximate surface area is 133 Å². The smallest absolute Gasteiger partial charge is 0.263 e. The predicted molar refractivity (Wildman–Crippen MR) is 83.8 cm³/mol. The monoisotopic (exact) mass is 332 g/mol. The van der Waals surface area contributed by atoms with E-state index in [4.69, 9.17) is 0 Å². The van der Waals surface area contributed by atoms with Crippen molar-refractivity contribution in [3.8, 4) is 0 Å². The van der Waals surface area contributed by atoms with E-state index in [9.17, 15) is 13.2 Å². The number of carbonyl (C=O) groups is 1. The molecule has 2 aliphatic rings. The molecule has 8 heteroatoms. The summed E-state index contributed by atoms with van der Waals surface area (Å²) in [6.07, 6.45) is 4.31. The number of amides is 1. The van der Waals surface area contributed by atoms with Crippen LogP contribution in [0.25, 0.3) is 0 Å². The summed E-state index contributed by atoms with van der Waals surface area (Å²) in [5, 5.41) is 6.89. The number of fused-ring (bicyclic) bond motifs is 1. The van der Waals surface area contributed by atoms with Gasteiger partial charge in [0.05, 0.1) is 17.1 Å². The Balaban J connectivity index is 1.67. The SMILES string of the molecule is O=C1NCCc2ccc(S(=O)(=O)Nc3ccnn3C3CC3)cc21. The van der Waals surface area contributed by atoms with Crippen molar-refractivity contribution < 1.29 is 13.2 Å². The third-order valence-corrected chi connectivity index (χ3v) is 5.47. The molecule has 2 N–H and O–H groups in total. The molecule has 0 radical (unpaired) electrons. The number of hydrogen-bond acceptors (Lipinski definition) is 4. The Kier molecular flexibility index (Phi) is 3.15. The predicted octanol–water partition coefficient (Wildman–Crippen LogP) is 1.30. The molecule has 0 spiro atoms. The summed E-state index contributed by atoms with van der Waals surface area (Å²) in [4.78, 5) is 12.0. The average Bonchev–Trinajstić information content (AvgIpc) is 3.27. The van der Waals surface area contributed by atoms with Crippen molar-refractivity contribution in [1.82, 2.24) is 15.1 Å². The lowest BCUT2D eigenvalue weighted by Crippen LogP contribution is -2.32. The molecule has 1 amide bonds. The van der Waals surface area contributed by atoms with Gasteiger partial charge >= 0.3 is 0 Å². The average molecular weight is 332 g/mol. The van der Waals surface area contributed by atoms with Crippen LogP contribution in [-0.4, -0.2) is 30.7 Å². The second-order valence-corrected chi connectivity index (χ2v) is 7.50. The van der Waals surface area contributed by atoms with Gasteiger partial charge in [-0.3, -0.25) is 9.52 Å². The maximum absolute atomic E-state index is 12.6. The molecule has 120 valence electrons. The third kappa shape index (κ3) is 2.59. The topological polar surface area (TPSA) is 93.1 Å². The number of aromatic nitrogens is 2. The first-order chi connectivity index (χ1) is 11.0. The highest BCUT2D eigenvalue weighted by atomic mass is 32.2. The fourth-order valence-corrected chi connectivity index (χ4v) is 3.83. The molecule has 0 atom stereocenters. The zero-order chi connectivity index (χ0) is 16.0. The summed E-state index contributed by atoms with van der Waals surface area (Å²) in [6, 6.07) is 6.60. The number of benzene rings is 1. The minimum Gasteiger partial charge on any atom is -0.352 e. The van der Waals surface area contributed by atoms with Gasteiger partial charge in [-0.1, -0.05) is 6.07 Å². The molecule has 1 saturated carbocycles. The van der Waals surface area contributed by atoms with Gasteiger partial charge in [-0.2, -0.15) is 5.10 Å². The van der Waals surface area contributed by atoms with E-state index in [0.29, 0.717) is 24.3 Å². The summed E-state index contributed by atoms with van der Waals surface area (Å²) in [6.45, 7) is 0.580. The lowest BCUT2D eigenvalue weighted by atomic mass is 10.0. The van der Waals surface area contributed by atoms with Gasteiger partial charge in [0, 0.05) is 18.2 Å². The standard InChI is InChI=1S/C15H16N4O3S/c20-15-13-9-12(4-1-10(13)5-7-16-15)23(21,22)18-14-6-8-17-19(14)11-2-3-11/h1,4,6,8-9,11,18H,2-3,5,7H2,(H,16,20). The highest BCUT2D eigenvalue weighted by Crippen LogP contribution is 2.36. The number of nitrogens with zero attached hydrogens (tertiary/aromatic N) is 2. The van der Waals surface area contributed by atoms with Crippen LogP contribution in [0.1, 0.15) is 34.8 Å². The number of nitrogens with one attached hydrogen (secondary N) is 2. The number of rotatable bonds is 4. The van der Waals surface area contributed by atoms with Crippen molar-refractivity contribution in [2.75, 3.05) is 11.3 Å². The van der Waals surface area contributed by atoms with Gasteiger partial charge < -0.3 is 5.32 Å². The van der Waals surface area contributed by atoms with Crippen LogP contribution in [0.2, 0.25) is 0 Å². The van der Waals surface area contributed by atoms with Gasteiger partial charge in [0.25, 0.3) is 15.9 Å². The lowest BCUT2D eigenvalue weighted by molar-refractivity contribution is 0.0945.